The lowest BCUT2D eigenvalue weighted by atomic mass is 10.2. The van der Waals surface area contributed by atoms with Gasteiger partial charge in [-0.05, 0) is 17.7 Å². The molecule has 1 rings (SSSR count). The fourth-order valence-electron chi connectivity index (χ4n) is 1.10. The summed E-state index contributed by atoms with van der Waals surface area (Å²) in [4.78, 5) is 25.5. The van der Waals surface area contributed by atoms with E-state index in [1.54, 1.807) is 6.07 Å². The molecule has 0 aliphatic heterocycles. The minimum atomic E-state index is -0.948. The number of nitrogens with one attached hydrogen (secondary N) is 1. The maximum absolute atomic E-state index is 11.2. The Morgan fingerprint density at radius 1 is 1.59 bits per heavy atom. The number of rotatable bonds is 5. The summed E-state index contributed by atoms with van der Waals surface area (Å²) in [6.07, 6.45) is 2.07. The minimum Gasteiger partial charge on any atom is -0.481 e. The van der Waals surface area contributed by atoms with E-state index in [0.29, 0.717) is 5.56 Å². The molecule has 0 aliphatic carbocycles. The van der Waals surface area contributed by atoms with Crippen LogP contribution in [0.25, 0.3) is 0 Å². The molecule has 0 unspecified atom stereocenters. The van der Waals surface area contributed by atoms with E-state index >= 15 is 0 Å². The Hall–Kier alpha value is -2.37. The van der Waals surface area contributed by atoms with Crippen molar-refractivity contribution in [1.29, 1.82) is 0 Å². The summed E-state index contributed by atoms with van der Waals surface area (Å²) in [5.74, 6) is -0.700. The van der Waals surface area contributed by atoms with Crippen molar-refractivity contribution in [3.05, 3.63) is 36.5 Å². The number of aliphatic carboxylic acids is 1. The van der Waals surface area contributed by atoms with Crippen molar-refractivity contribution < 1.29 is 19.4 Å². The van der Waals surface area contributed by atoms with Crippen LogP contribution < -0.4 is 5.32 Å². The second-order valence-corrected chi connectivity index (χ2v) is 3.13. The highest BCUT2D eigenvalue weighted by molar-refractivity contribution is 5.83. The van der Waals surface area contributed by atoms with Crippen LogP contribution in [0.2, 0.25) is 0 Å². The number of amides is 1. The fraction of sp³-hybridized carbons (Fsp3) is 0.182. The van der Waals surface area contributed by atoms with E-state index in [9.17, 15) is 9.59 Å². The number of hydrogen-bond acceptors (Lipinski definition) is 4. The molecule has 1 amide bonds. The number of anilines is 1. The van der Waals surface area contributed by atoms with Crippen molar-refractivity contribution in [3.63, 3.8) is 0 Å². The lowest BCUT2D eigenvalue weighted by Gasteiger charge is -2.05. The lowest BCUT2D eigenvalue weighted by molar-refractivity contribution is -0.136. The molecule has 0 fully saturated rings. The lowest BCUT2D eigenvalue weighted by Crippen LogP contribution is -2.14. The first-order chi connectivity index (χ1) is 8.11. The van der Waals surface area contributed by atoms with Crippen molar-refractivity contribution in [2.24, 2.45) is 0 Å². The molecule has 2 N–H and O–H groups in total. The number of pyridine rings is 1. The summed E-state index contributed by atoms with van der Waals surface area (Å²) >= 11 is 0. The van der Waals surface area contributed by atoms with E-state index in [1.165, 1.54) is 18.3 Å². The molecule has 1 heterocycles. The number of hydrogen-bond donors (Lipinski definition) is 2. The van der Waals surface area contributed by atoms with Crippen LogP contribution in [0.5, 0.6) is 0 Å². The third-order valence-corrected chi connectivity index (χ3v) is 1.74. The van der Waals surface area contributed by atoms with Gasteiger partial charge in [0.25, 0.3) is 0 Å². The van der Waals surface area contributed by atoms with Crippen molar-refractivity contribution >= 4 is 17.9 Å². The number of carboxylic acid groups (broad SMARTS) is 1. The van der Waals surface area contributed by atoms with Crippen LogP contribution in [0.3, 0.4) is 0 Å². The van der Waals surface area contributed by atoms with Gasteiger partial charge in [-0.3, -0.25) is 10.1 Å². The molecule has 17 heavy (non-hydrogen) atoms. The van der Waals surface area contributed by atoms with E-state index in [-0.39, 0.29) is 18.8 Å². The summed E-state index contributed by atoms with van der Waals surface area (Å²) < 4.78 is 4.69. The molecule has 0 atom stereocenters. The van der Waals surface area contributed by atoms with Crippen molar-refractivity contribution in [3.8, 4) is 0 Å². The number of carbonyl (C=O) groups is 2. The molecule has 0 spiro atoms. The number of carbonyl (C=O) groups excluding carboxylic acids is 1. The van der Waals surface area contributed by atoms with Gasteiger partial charge in [-0.25, -0.2) is 9.78 Å². The van der Waals surface area contributed by atoms with Gasteiger partial charge in [-0.2, -0.15) is 0 Å². The van der Waals surface area contributed by atoms with Gasteiger partial charge >= 0.3 is 12.1 Å². The van der Waals surface area contributed by atoms with Gasteiger partial charge in [0.15, 0.2) is 0 Å². The van der Waals surface area contributed by atoms with Gasteiger partial charge in [0.1, 0.15) is 12.4 Å². The maximum Gasteiger partial charge on any atom is 0.413 e. The number of carboxylic acids is 1. The Bertz CT molecular complexity index is 431. The van der Waals surface area contributed by atoms with Crippen LogP contribution in [0.1, 0.15) is 5.56 Å². The monoisotopic (exact) mass is 236 g/mol. The van der Waals surface area contributed by atoms with Gasteiger partial charge in [0, 0.05) is 6.20 Å². The third kappa shape index (κ3) is 4.78. The maximum atomic E-state index is 11.2. The standard InChI is InChI=1S/C11H12N2O4/c1-2-5-17-11(16)13-9-6-8(3-4-12-9)7-10(14)15/h2-4,6H,1,5,7H2,(H,14,15)(H,12,13,16). The molecule has 90 valence electrons. The van der Waals surface area contributed by atoms with Crippen LogP contribution in [0.4, 0.5) is 10.6 Å². The molecule has 0 aromatic carbocycles. The zero-order valence-electron chi connectivity index (χ0n) is 9.05. The second kappa shape index (κ2) is 6.26. The van der Waals surface area contributed by atoms with Gasteiger partial charge < -0.3 is 9.84 Å². The van der Waals surface area contributed by atoms with Crippen LogP contribution in [-0.4, -0.2) is 28.8 Å². The van der Waals surface area contributed by atoms with Gasteiger partial charge in [0.05, 0.1) is 6.42 Å². The summed E-state index contributed by atoms with van der Waals surface area (Å²) in [7, 11) is 0. The first-order valence-corrected chi connectivity index (χ1v) is 4.83. The van der Waals surface area contributed by atoms with E-state index in [2.05, 4.69) is 16.9 Å². The predicted octanol–water partition coefficient (Wildman–Crippen LogP) is 1.44. The van der Waals surface area contributed by atoms with Gasteiger partial charge in [-0.15, -0.1) is 0 Å². The number of aromatic nitrogens is 1. The molecular formula is C11H12N2O4. The fourth-order valence-corrected chi connectivity index (χ4v) is 1.10. The first kappa shape index (κ1) is 12.7. The van der Waals surface area contributed by atoms with Crippen LogP contribution in [0.15, 0.2) is 31.0 Å². The Balaban J connectivity index is 2.61. The molecule has 0 bridgehead atoms. The van der Waals surface area contributed by atoms with Gasteiger partial charge in [0.2, 0.25) is 0 Å². The molecular weight excluding hydrogens is 224 g/mol. The highest BCUT2D eigenvalue weighted by Crippen LogP contribution is 2.07. The Morgan fingerprint density at radius 3 is 3.00 bits per heavy atom. The average molecular weight is 236 g/mol. The summed E-state index contributed by atoms with van der Waals surface area (Å²) in [5.41, 5.74) is 0.548. The molecule has 6 nitrogen and oxygen atoms in total. The molecule has 1 aromatic rings. The largest absolute Gasteiger partial charge is 0.481 e. The van der Waals surface area contributed by atoms with Crippen LogP contribution in [-0.2, 0) is 16.0 Å². The normalized spacial score (nSPS) is 9.41. The van der Waals surface area contributed by atoms with E-state index in [1.807, 2.05) is 0 Å². The molecule has 0 radical (unpaired) electrons. The molecule has 0 aliphatic rings. The molecule has 1 aromatic heterocycles. The molecule has 0 saturated heterocycles. The zero-order valence-corrected chi connectivity index (χ0v) is 9.05. The van der Waals surface area contributed by atoms with Crippen molar-refractivity contribution in [1.82, 2.24) is 4.98 Å². The minimum absolute atomic E-state index is 0.0979. The van der Waals surface area contributed by atoms with E-state index in [0.717, 1.165) is 0 Å². The Morgan fingerprint density at radius 2 is 2.35 bits per heavy atom. The van der Waals surface area contributed by atoms with Crippen molar-refractivity contribution in [2.75, 3.05) is 11.9 Å². The molecule has 0 saturated carbocycles. The third-order valence-electron chi connectivity index (χ3n) is 1.74. The van der Waals surface area contributed by atoms with Crippen LogP contribution >= 0.6 is 0 Å². The second-order valence-electron chi connectivity index (χ2n) is 3.13. The highest BCUT2D eigenvalue weighted by Gasteiger charge is 2.05. The van der Waals surface area contributed by atoms with Crippen molar-refractivity contribution in [2.45, 2.75) is 6.42 Å². The smallest absolute Gasteiger partial charge is 0.413 e. The summed E-state index contributed by atoms with van der Waals surface area (Å²) in [6.45, 7) is 3.50. The van der Waals surface area contributed by atoms with E-state index in [4.69, 9.17) is 9.84 Å². The quantitative estimate of drug-likeness (QED) is 0.755. The SMILES string of the molecule is C=CCOC(=O)Nc1cc(CC(=O)O)ccn1. The number of ether oxygens (including phenoxy) is 1. The number of nitrogens with zero attached hydrogens (tertiary/aromatic N) is 1. The predicted molar refractivity (Wildman–Crippen MR) is 60.7 cm³/mol. The van der Waals surface area contributed by atoms with Crippen LogP contribution in [0, 0.1) is 0 Å². The zero-order chi connectivity index (χ0) is 12.7. The topological polar surface area (TPSA) is 88.5 Å². The summed E-state index contributed by atoms with van der Waals surface area (Å²) in [5, 5.41) is 11.0. The Kier molecular flexibility index (Phi) is 4.68. The van der Waals surface area contributed by atoms with E-state index < -0.39 is 12.1 Å². The van der Waals surface area contributed by atoms with Gasteiger partial charge in [-0.1, -0.05) is 12.7 Å². The Labute approximate surface area is 97.9 Å². The highest BCUT2D eigenvalue weighted by atomic mass is 16.5. The summed E-state index contributed by atoms with van der Waals surface area (Å²) in [6, 6.07) is 3.04. The first-order valence-electron chi connectivity index (χ1n) is 4.83. The molecule has 6 heteroatoms. The average Bonchev–Trinajstić information content (AvgIpc) is 2.26.